The van der Waals surface area contributed by atoms with Gasteiger partial charge in [-0.1, -0.05) is 135 Å². The number of unbranched alkanes of at least 4 members (excludes halogenated alkanes) is 1. The summed E-state index contributed by atoms with van der Waals surface area (Å²) in [5.74, 6) is -0.506. The lowest BCUT2D eigenvalue weighted by molar-refractivity contribution is -0.301. The van der Waals surface area contributed by atoms with Crippen LogP contribution in [0.15, 0.2) is 122 Å². The topological polar surface area (TPSA) is 178 Å². The zero-order chi connectivity index (χ0) is 43.9. The lowest BCUT2D eigenvalue weighted by atomic mass is 9.99. The van der Waals surface area contributed by atoms with E-state index in [1.165, 1.54) is 0 Å². The molecular formula is C47H72O12S. The number of carbonyl (C=O) groups excluding carboxylic acids is 1. The van der Waals surface area contributed by atoms with E-state index in [4.69, 9.17) is 23.5 Å². The summed E-state index contributed by atoms with van der Waals surface area (Å²) < 4.78 is 58.8. The number of hydrogen-bond acceptors (Lipinski definition) is 11. The maximum Gasteiger partial charge on any atom is 0.397 e. The van der Waals surface area contributed by atoms with Crippen LogP contribution in [0.2, 0.25) is 0 Å². The molecule has 6 unspecified atom stereocenters. The van der Waals surface area contributed by atoms with Crippen LogP contribution in [0, 0.1) is 0 Å². The van der Waals surface area contributed by atoms with Crippen LogP contribution in [0.4, 0.5) is 0 Å². The molecule has 1 saturated heterocycles. The minimum Gasteiger partial charge on any atom is -0.457 e. The molecule has 0 aromatic rings. The number of allylic oxidation sites excluding steroid dienone is 20. The molecule has 0 aromatic carbocycles. The highest BCUT2D eigenvalue weighted by Crippen LogP contribution is 2.26. The lowest BCUT2D eigenvalue weighted by Crippen LogP contribution is -2.60. The van der Waals surface area contributed by atoms with Crippen molar-refractivity contribution < 1.29 is 56.2 Å². The molecule has 1 aliphatic heterocycles. The molecular weight excluding hydrogens is 789 g/mol. The molecule has 13 heteroatoms. The van der Waals surface area contributed by atoms with E-state index in [9.17, 15) is 28.5 Å². The van der Waals surface area contributed by atoms with Crippen molar-refractivity contribution in [2.45, 2.75) is 141 Å². The molecule has 0 saturated carbocycles. The van der Waals surface area contributed by atoms with Crippen LogP contribution in [0.25, 0.3) is 0 Å². The van der Waals surface area contributed by atoms with E-state index in [0.29, 0.717) is 19.4 Å². The van der Waals surface area contributed by atoms with Crippen molar-refractivity contribution in [2.75, 3.05) is 26.4 Å². The first-order chi connectivity index (χ1) is 29.1. The number of carbonyl (C=O) groups is 1. The number of rotatable bonds is 34. The van der Waals surface area contributed by atoms with Gasteiger partial charge in [0.2, 0.25) is 0 Å². The number of aliphatic hydroxyl groups excluding tert-OH is 3. The highest BCUT2D eigenvalue weighted by molar-refractivity contribution is 7.80. The average molecular weight is 861 g/mol. The molecule has 1 fully saturated rings. The molecule has 0 aliphatic carbocycles. The van der Waals surface area contributed by atoms with E-state index in [2.05, 4.69) is 127 Å². The van der Waals surface area contributed by atoms with E-state index in [1.807, 2.05) is 12.2 Å². The molecule has 0 amide bonds. The van der Waals surface area contributed by atoms with Gasteiger partial charge in [0, 0.05) is 13.0 Å². The standard InChI is InChI=1S/C47H72O12S/c1-3-5-7-9-11-13-15-17-18-19-20-21-22-23-25-27-29-31-33-35-37-55-39-41(40-56-47-45(51)46(59-60(52,53)54)44(50)42(38-48)58-47)57-43(49)36-34-32-30-28-26-24-16-14-12-10-8-6-4-2/h5-8,11-14,17-18,20-21,23-26,29-32,41-42,44-48,50-51H,3-4,9-10,15-16,19,22,27-28,33-40H2,1-2H3,(H,52,53,54)/b7-5-,8-6-,13-11-,14-12-,18-17-,21-20-,25-23-,26-24-,31-29-,32-30-. The Bertz CT molecular complexity index is 1510. The van der Waals surface area contributed by atoms with Gasteiger partial charge in [-0.3, -0.25) is 9.35 Å². The Morgan fingerprint density at radius 3 is 1.50 bits per heavy atom. The predicted molar refractivity (Wildman–Crippen MR) is 238 cm³/mol. The first kappa shape index (κ1) is 54.5. The predicted octanol–water partition coefficient (Wildman–Crippen LogP) is 8.62. The minimum atomic E-state index is -5.08. The average Bonchev–Trinajstić information content (AvgIpc) is 3.22. The van der Waals surface area contributed by atoms with Crippen molar-refractivity contribution in [3.05, 3.63) is 122 Å². The Morgan fingerprint density at radius 1 is 0.633 bits per heavy atom. The Morgan fingerprint density at radius 2 is 1.07 bits per heavy atom. The molecule has 0 bridgehead atoms. The molecule has 60 heavy (non-hydrogen) atoms. The molecule has 4 N–H and O–H groups in total. The molecule has 0 aromatic heterocycles. The summed E-state index contributed by atoms with van der Waals surface area (Å²) in [6.45, 7) is 3.46. The summed E-state index contributed by atoms with van der Waals surface area (Å²) in [6.07, 6.45) is 44.1. The lowest BCUT2D eigenvalue weighted by Gasteiger charge is -2.41. The number of hydrogen-bond donors (Lipinski definition) is 4. The van der Waals surface area contributed by atoms with Crippen LogP contribution < -0.4 is 0 Å². The third-order valence-corrected chi connectivity index (χ3v) is 9.06. The van der Waals surface area contributed by atoms with E-state index in [-0.39, 0.29) is 19.6 Å². The van der Waals surface area contributed by atoms with Crippen molar-refractivity contribution in [3.8, 4) is 0 Å². The third-order valence-electron chi connectivity index (χ3n) is 8.59. The van der Waals surface area contributed by atoms with Gasteiger partial charge in [-0.25, -0.2) is 4.18 Å². The molecule has 338 valence electrons. The summed E-state index contributed by atoms with van der Waals surface area (Å²) in [5, 5.41) is 30.6. The molecule has 12 nitrogen and oxygen atoms in total. The van der Waals surface area contributed by atoms with Crippen molar-refractivity contribution >= 4 is 16.4 Å². The van der Waals surface area contributed by atoms with Crippen LogP contribution in [-0.4, -0.2) is 97.5 Å². The van der Waals surface area contributed by atoms with Gasteiger partial charge in [0.05, 0.1) is 19.8 Å². The maximum atomic E-state index is 12.8. The summed E-state index contributed by atoms with van der Waals surface area (Å²) >= 11 is 0. The zero-order valence-electron chi connectivity index (χ0n) is 35.7. The first-order valence-corrected chi connectivity index (χ1v) is 22.7. The van der Waals surface area contributed by atoms with E-state index in [1.54, 1.807) is 0 Å². The van der Waals surface area contributed by atoms with Crippen molar-refractivity contribution in [1.29, 1.82) is 0 Å². The van der Waals surface area contributed by atoms with Gasteiger partial charge in [0.1, 0.15) is 30.5 Å². The number of ether oxygens (including phenoxy) is 4. The summed E-state index contributed by atoms with van der Waals surface area (Å²) in [7, 11) is -5.08. The molecule has 1 aliphatic rings. The van der Waals surface area contributed by atoms with Gasteiger partial charge in [-0.15, -0.1) is 0 Å². The van der Waals surface area contributed by atoms with Crippen LogP contribution >= 0.6 is 0 Å². The number of esters is 1. The van der Waals surface area contributed by atoms with E-state index >= 15 is 0 Å². The van der Waals surface area contributed by atoms with Crippen molar-refractivity contribution in [2.24, 2.45) is 0 Å². The SMILES string of the molecule is CC/C=C\C/C=C\C/C=C\C/C=C\C/C=C\C/C=C\CCCOCC(COC1OC(CO)C(O)C(OS(=O)(=O)O)C1O)OC(=O)CC/C=C\C/C=C\C/C=C\C/C=C\CC. The van der Waals surface area contributed by atoms with Gasteiger partial charge >= 0.3 is 16.4 Å². The second kappa shape index (κ2) is 37.3. The van der Waals surface area contributed by atoms with Crippen LogP contribution in [0.3, 0.4) is 0 Å². The normalized spacial score (nSPS) is 21.5. The monoisotopic (exact) mass is 860 g/mol. The highest BCUT2D eigenvalue weighted by Gasteiger charge is 2.48. The Labute approximate surface area is 360 Å². The summed E-state index contributed by atoms with van der Waals surface area (Å²) in [5.41, 5.74) is 0. The van der Waals surface area contributed by atoms with Crippen LogP contribution in [0.1, 0.15) is 104 Å². The van der Waals surface area contributed by atoms with Crippen LogP contribution in [0.5, 0.6) is 0 Å². The fourth-order valence-electron chi connectivity index (χ4n) is 5.46. The molecule has 1 heterocycles. The van der Waals surface area contributed by atoms with Gasteiger partial charge in [0.25, 0.3) is 0 Å². The van der Waals surface area contributed by atoms with Gasteiger partial charge in [0.15, 0.2) is 6.29 Å². The van der Waals surface area contributed by atoms with Gasteiger partial charge in [-0.2, -0.15) is 8.42 Å². The molecule has 6 atom stereocenters. The van der Waals surface area contributed by atoms with E-state index in [0.717, 1.165) is 70.6 Å². The first-order valence-electron chi connectivity index (χ1n) is 21.3. The second-order valence-electron chi connectivity index (χ2n) is 13.8. The highest BCUT2D eigenvalue weighted by atomic mass is 32.3. The van der Waals surface area contributed by atoms with Crippen molar-refractivity contribution in [3.63, 3.8) is 0 Å². The van der Waals surface area contributed by atoms with Crippen LogP contribution in [-0.2, 0) is 38.3 Å². The van der Waals surface area contributed by atoms with E-state index < -0.39 is 59.8 Å². The Hall–Kier alpha value is -3.50. The largest absolute Gasteiger partial charge is 0.457 e. The van der Waals surface area contributed by atoms with Crippen molar-refractivity contribution in [1.82, 2.24) is 0 Å². The summed E-state index contributed by atoms with van der Waals surface area (Å²) in [4.78, 5) is 12.8. The molecule has 0 spiro atoms. The molecule has 0 radical (unpaired) electrons. The second-order valence-corrected chi connectivity index (χ2v) is 14.9. The quantitative estimate of drug-likeness (QED) is 0.0210. The number of aliphatic hydroxyl groups is 3. The zero-order valence-corrected chi connectivity index (χ0v) is 36.5. The Kier molecular flexibility index (Phi) is 33.9. The smallest absolute Gasteiger partial charge is 0.397 e. The summed E-state index contributed by atoms with van der Waals surface area (Å²) in [6, 6.07) is 0. The van der Waals surface area contributed by atoms with Gasteiger partial charge in [-0.05, 0) is 83.5 Å². The van der Waals surface area contributed by atoms with Gasteiger partial charge < -0.3 is 34.3 Å². The fourth-order valence-corrected chi connectivity index (χ4v) is 5.97. The Balaban J connectivity index is 2.55. The maximum absolute atomic E-state index is 12.8. The third kappa shape index (κ3) is 30.5. The fraction of sp³-hybridized carbons (Fsp3) is 0.553. The molecule has 1 rings (SSSR count). The minimum absolute atomic E-state index is 0.0424.